The van der Waals surface area contributed by atoms with Crippen LogP contribution in [0.15, 0.2) is 35.3 Å². The lowest BCUT2D eigenvalue weighted by atomic mass is 10.2. The Morgan fingerprint density at radius 2 is 2.21 bits per heavy atom. The first kappa shape index (κ1) is 13.1. The fourth-order valence-electron chi connectivity index (χ4n) is 1.86. The zero-order valence-electron chi connectivity index (χ0n) is 11.0. The van der Waals surface area contributed by atoms with Crippen molar-refractivity contribution in [2.45, 2.75) is 20.3 Å². The van der Waals surface area contributed by atoms with Gasteiger partial charge in [0, 0.05) is 11.8 Å². The van der Waals surface area contributed by atoms with E-state index in [9.17, 15) is 9.59 Å². The number of hydrogen-bond donors (Lipinski definition) is 1. The summed E-state index contributed by atoms with van der Waals surface area (Å²) in [6.07, 6.45) is 1.53. The maximum atomic E-state index is 12.1. The summed E-state index contributed by atoms with van der Waals surface area (Å²) in [7, 11) is 0. The van der Waals surface area contributed by atoms with Crippen LogP contribution < -0.4 is 5.56 Å². The van der Waals surface area contributed by atoms with Crippen molar-refractivity contribution < 1.29 is 9.53 Å². The molecule has 0 fully saturated rings. The van der Waals surface area contributed by atoms with Crippen molar-refractivity contribution in [3.05, 3.63) is 51.9 Å². The summed E-state index contributed by atoms with van der Waals surface area (Å²) >= 11 is 0. The fraction of sp³-hybridized carbons (Fsp3) is 0.286. The second-order valence-electron chi connectivity index (χ2n) is 4.26. The molecule has 0 aliphatic rings. The molecule has 2 aromatic rings. The first-order valence-corrected chi connectivity index (χ1v) is 6.13. The van der Waals surface area contributed by atoms with Gasteiger partial charge in [-0.25, -0.2) is 4.68 Å². The molecule has 100 valence electrons. The number of aryl methyl sites for hydroxylation is 1. The molecule has 1 aromatic heterocycles. The molecule has 1 aromatic carbocycles. The maximum absolute atomic E-state index is 12.1. The molecule has 0 spiro atoms. The largest absolute Gasteiger partial charge is 0.466 e. The van der Waals surface area contributed by atoms with Gasteiger partial charge in [-0.2, -0.15) is 0 Å². The van der Waals surface area contributed by atoms with Crippen molar-refractivity contribution in [1.29, 1.82) is 0 Å². The molecule has 0 amide bonds. The van der Waals surface area contributed by atoms with E-state index in [0.717, 1.165) is 11.3 Å². The van der Waals surface area contributed by atoms with E-state index in [0.29, 0.717) is 12.2 Å². The highest BCUT2D eigenvalue weighted by molar-refractivity contribution is 5.72. The summed E-state index contributed by atoms with van der Waals surface area (Å²) in [6, 6.07) is 7.56. The third-order valence-electron chi connectivity index (χ3n) is 2.75. The van der Waals surface area contributed by atoms with Crippen LogP contribution in [0.4, 0.5) is 0 Å². The van der Waals surface area contributed by atoms with Gasteiger partial charge in [0.15, 0.2) is 0 Å². The van der Waals surface area contributed by atoms with Gasteiger partial charge in [0.05, 0.1) is 18.7 Å². The van der Waals surface area contributed by atoms with E-state index in [1.54, 1.807) is 13.1 Å². The van der Waals surface area contributed by atoms with E-state index >= 15 is 0 Å². The molecule has 5 heteroatoms. The predicted molar refractivity (Wildman–Crippen MR) is 71.5 cm³/mol. The second kappa shape index (κ2) is 5.56. The Morgan fingerprint density at radius 3 is 2.89 bits per heavy atom. The van der Waals surface area contributed by atoms with E-state index in [4.69, 9.17) is 4.74 Å². The summed E-state index contributed by atoms with van der Waals surface area (Å²) in [5, 5.41) is 2.86. The molecule has 0 bridgehead atoms. The SMILES string of the molecule is CCOC(=O)Cc1c[nH]n(-c2cccc(C)c2)c1=O. The van der Waals surface area contributed by atoms with E-state index in [1.165, 1.54) is 4.68 Å². The van der Waals surface area contributed by atoms with Crippen molar-refractivity contribution in [3.8, 4) is 5.69 Å². The molecule has 0 atom stereocenters. The van der Waals surface area contributed by atoms with Crippen LogP contribution in [0.2, 0.25) is 0 Å². The Bertz CT molecular complexity index is 640. The van der Waals surface area contributed by atoms with Crippen LogP contribution in [0.3, 0.4) is 0 Å². The Kier molecular flexibility index (Phi) is 3.85. The smallest absolute Gasteiger partial charge is 0.310 e. The number of benzene rings is 1. The van der Waals surface area contributed by atoms with Crippen molar-refractivity contribution >= 4 is 5.97 Å². The number of aromatic amines is 1. The number of H-pyrrole nitrogens is 1. The summed E-state index contributed by atoms with van der Waals surface area (Å²) < 4.78 is 6.25. The molecular weight excluding hydrogens is 244 g/mol. The van der Waals surface area contributed by atoms with Crippen molar-refractivity contribution in [2.24, 2.45) is 0 Å². The van der Waals surface area contributed by atoms with Gasteiger partial charge in [-0.05, 0) is 31.5 Å². The minimum absolute atomic E-state index is 0.0119. The molecule has 5 nitrogen and oxygen atoms in total. The zero-order valence-corrected chi connectivity index (χ0v) is 11.0. The summed E-state index contributed by atoms with van der Waals surface area (Å²) in [6.45, 7) is 4.01. The molecular formula is C14H16N2O3. The second-order valence-corrected chi connectivity index (χ2v) is 4.26. The predicted octanol–water partition coefficient (Wildman–Crippen LogP) is 1.58. The fourth-order valence-corrected chi connectivity index (χ4v) is 1.86. The topological polar surface area (TPSA) is 64.1 Å². The van der Waals surface area contributed by atoms with E-state index in [2.05, 4.69) is 5.10 Å². The summed E-state index contributed by atoms with van der Waals surface area (Å²) in [4.78, 5) is 23.5. The van der Waals surface area contributed by atoms with Gasteiger partial charge in [0.1, 0.15) is 0 Å². The number of nitrogens with zero attached hydrogens (tertiary/aromatic N) is 1. The number of aromatic nitrogens is 2. The molecule has 0 aliphatic carbocycles. The van der Waals surface area contributed by atoms with Gasteiger partial charge in [-0.3, -0.25) is 14.7 Å². The average molecular weight is 260 g/mol. The molecule has 0 saturated carbocycles. The maximum Gasteiger partial charge on any atom is 0.310 e. The summed E-state index contributed by atoms with van der Waals surface area (Å²) in [5.74, 6) is -0.394. The molecule has 19 heavy (non-hydrogen) atoms. The normalized spacial score (nSPS) is 10.4. The number of esters is 1. The molecule has 0 unspecified atom stereocenters. The van der Waals surface area contributed by atoms with Crippen molar-refractivity contribution in [1.82, 2.24) is 9.78 Å². The van der Waals surface area contributed by atoms with Crippen molar-refractivity contribution in [3.63, 3.8) is 0 Å². The van der Waals surface area contributed by atoms with Gasteiger partial charge in [-0.15, -0.1) is 0 Å². The van der Waals surface area contributed by atoms with Gasteiger partial charge in [-0.1, -0.05) is 12.1 Å². The summed E-state index contributed by atoms with van der Waals surface area (Å²) in [5.41, 5.74) is 1.99. The first-order valence-electron chi connectivity index (χ1n) is 6.13. The molecule has 0 aliphatic heterocycles. The molecule has 1 heterocycles. The van der Waals surface area contributed by atoms with Gasteiger partial charge >= 0.3 is 5.97 Å². The third kappa shape index (κ3) is 2.93. The Morgan fingerprint density at radius 1 is 1.42 bits per heavy atom. The highest BCUT2D eigenvalue weighted by Crippen LogP contribution is 2.07. The van der Waals surface area contributed by atoms with Gasteiger partial charge < -0.3 is 4.74 Å². The molecule has 0 radical (unpaired) electrons. The van der Waals surface area contributed by atoms with E-state index < -0.39 is 5.97 Å². The lowest BCUT2D eigenvalue weighted by Crippen LogP contribution is -2.20. The lowest BCUT2D eigenvalue weighted by molar-refractivity contribution is -0.142. The number of nitrogens with one attached hydrogen (secondary N) is 1. The zero-order chi connectivity index (χ0) is 13.8. The number of carbonyl (C=O) groups excluding carboxylic acids is 1. The minimum Gasteiger partial charge on any atom is -0.466 e. The van der Waals surface area contributed by atoms with E-state index in [1.807, 2.05) is 31.2 Å². The Labute approximate surface area is 110 Å². The standard InChI is InChI=1S/C14H16N2O3/c1-3-19-13(17)8-11-9-15-16(14(11)18)12-6-4-5-10(2)7-12/h4-7,9,15H,3,8H2,1-2H3. The van der Waals surface area contributed by atoms with E-state index in [-0.39, 0.29) is 12.0 Å². The third-order valence-corrected chi connectivity index (χ3v) is 2.75. The number of carbonyl (C=O) groups is 1. The van der Waals surface area contributed by atoms with Crippen LogP contribution in [-0.4, -0.2) is 22.4 Å². The quantitative estimate of drug-likeness (QED) is 0.849. The number of rotatable bonds is 4. The number of hydrogen-bond acceptors (Lipinski definition) is 3. The van der Waals surface area contributed by atoms with Gasteiger partial charge in [0.2, 0.25) is 0 Å². The van der Waals surface area contributed by atoms with Crippen LogP contribution in [0.1, 0.15) is 18.1 Å². The van der Waals surface area contributed by atoms with Crippen LogP contribution in [0, 0.1) is 6.92 Å². The van der Waals surface area contributed by atoms with Crippen molar-refractivity contribution in [2.75, 3.05) is 6.61 Å². The van der Waals surface area contributed by atoms with Gasteiger partial charge in [0.25, 0.3) is 5.56 Å². The lowest BCUT2D eigenvalue weighted by Gasteiger charge is -2.02. The van der Waals surface area contributed by atoms with Crippen LogP contribution in [0.5, 0.6) is 0 Å². The Balaban J connectivity index is 2.28. The monoisotopic (exact) mass is 260 g/mol. The Hall–Kier alpha value is -2.30. The highest BCUT2D eigenvalue weighted by atomic mass is 16.5. The highest BCUT2D eigenvalue weighted by Gasteiger charge is 2.12. The number of ether oxygens (including phenoxy) is 1. The molecule has 0 saturated heterocycles. The molecule has 1 N–H and O–H groups in total. The average Bonchev–Trinajstić information content (AvgIpc) is 2.71. The van der Waals surface area contributed by atoms with Crippen LogP contribution in [-0.2, 0) is 16.0 Å². The first-order chi connectivity index (χ1) is 9.11. The molecule has 2 rings (SSSR count). The minimum atomic E-state index is -0.394. The van der Waals surface area contributed by atoms with Crippen LogP contribution in [0.25, 0.3) is 5.69 Å². The van der Waals surface area contributed by atoms with Crippen LogP contribution >= 0.6 is 0 Å².